The van der Waals surface area contributed by atoms with Crippen molar-refractivity contribution in [3.8, 4) is 0 Å². The van der Waals surface area contributed by atoms with Crippen LogP contribution < -0.4 is 16.6 Å². The first-order valence-electron chi connectivity index (χ1n) is 6.59. The molecule has 0 aliphatic heterocycles. The Bertz CT molecular complexity index is 755. The molecule has 0 aromatic carbocycles. The molecule has 0 saturated carbocycles. The van der Waals surface area contributed by atoms with Crippen molar-refractivity contribution in [1.29, 1.82) is 0 Å². The lowest BCUT2D eigenvalue weighted by Crippen LogP contribution is -2.41. The highest BCUT2D eigenvalue weighted by atomic mass is 19.4. The van der Waals surface area contributed by atoms with Gasteiger partial charge in [-0.1, -0.05) is 6.92 Å². The summed E-state index contributed by atoms with van der Waals surface area (Å²) >= 11 is 0. The van der Waals surface area contributed by atoms with Crippen LogP contribution in [0.15, 0.2) is 16.5 Å². The van der Waals surface area contributed by atoms with E-state index in [4.69, 9.17) is 10.2 Å². The fourth-order valence-electron chi connectivity index (χ4n) is 1.80. The van der Waals surface area contributed by atoms with E-state index in [1.807, 2.05) is 0 Å². The zero-order valence-electron chi connectivity index (χ0n) is 12.0. The van der Waals surface area contributed by atoms with E-state index in [0.29, 0.717) is 6.42 Å². The molecule has 0 aliphatic rings. The average molecular weight is 330 g/mol. The highest BCUT2D eigenvalue weighted by Gasteiger charge is 2.33. The maximum absolute atomic E-state index is 12.6. The molecule has 2 aromatic heterocycles. The largest absolute Gasteiger partial charge is 0.433 e. The van der Waals surface area contributed by atoms with Gasteiger partial charge in [-0.15, -0.1) is 0 Å². The number of nitrogens with one attached hydrogen (secondary N) is 2. The summed E-state index contributed by atoms with van der Waals surface area (Å²) in [5.41, 5.74) is 8.14. The number of fused-ring (bicyclic) bond motifs is 1. The average Bonchev–Trinajstić information content (AvgIpc) is 2.81. The van der Waals surface area contributed by atoms with Gasteiger partial charge in [0, 0.05) is 6.42 Å². The normalized spacial score (nSPS) is 11.5. The van der Waals surface area contributed by atoms with Crippen LogP contribution in [-0.4, -0.2) is 16.8 Å². The number of carbonyl (C=O) groups excluding carboxylic acids is 2. The molecule has 0 aliphatic carbocycles. The highest BCUT2D eigenvalue weighted by Crippen LogP contribution is 2.32. The first kappa shape index (κ1) is 16.6. The zero-order valence-corrected chi connectivity index (χ0v) is 12.0. The van der Waals surface area contributed by atoms with Crippen molar-refractivity contribution in [1.82, 2.24) is 15.8 Å². The summed E-state index contributed by atoms with van der Waals surface area (Å²) in [4.78, 5) is 26.4. The molecule has 0 unspecified atom stereocenters. The lowest BCUT2D eigenvalue weighted by atomic mass is 10.2. The summed E-state index contributed by atoms with van der Waals surface area (Å²) in [6, 6.07) is 1.80. The van der Waals surface area contributed by atoms with Gasteiger partial charge in [-0.05, 0) is 18.6 Å². The maximum Gasteiger partial charge on any atom is 0.433 e. The van der Waals surface area contributed by atoms with E-state index in [0.717, 1.165) is 12.1 Å². The van der Waals surface area contributed by atoms with Crippen LogP contribution in [0.2, 0.25) is 0 Å². The van der Waals surface area contributed by atoms with Gasteiger partial charge in [0.05, 0.1) is 11.1 Å². The number of anilines is 1. The van der Waals surface area contributed by atoms with Crippen molar-refractivity contribution in [2.45, 2.75) is 25.9 Å². The molecule has 124 valence electrons. The van der Waals surface area contributed by atoms with Gasteiger partial charge in [0.25, 0.3) is 0 Å². The number of rotatable bonds is 3. The quantitative estimate of drug-likeness (QED) is 0.746. The molecule has 23 heavy (non-hydrogen) atoms. The van der Waals surface area contributed by atoms with Crippen LogP contribution in [0.4, 0.5) is 18.9 Å². The Kier molecular flexibility index (Phi) is 4.43. The van der Waals surface area contributed by atoms with Crippen LogP contribution in [0.25, 0.3) is 11.1 Å². The molecule has 0 fully saturated rings. The Hall–Kier alpha value is -2.78. The summed E-state index contributed by atoms with van der Waals surface area (Å²) in [5.74, 6) is -1.74. The van der Waals surface area contributed by atoms with E-state index in [9.17, 15) is 22.8 Å². The molecule has 2 heterocycles. The molecule has 4 N–H and O–H groups in total. The second-order valence-electron chi connectivity index (χ2n) is 4.64. The molecule has 0 radical (unpaired) electrons. The lowest BCUT2D eigenvalue weighted by Gasteiger charge is -2.04. The number of nitrogen functional groups attached to an aromatic ring is 1. The molecule has 0 spiro atoms. The van der Waals surface area contributed by atoms with Gasteiger partial charge in [0.15, 0.2) is 0 Å². The van der Waals surface area contributed by atoms with Gasteiger partial charge in [0.2, 0.25) is 17.4 Å². The van der Waals surface area contributed by atoms with Crippen LogP contribution in [0.5, 0.6) is 0 Å². The second kappa shape index (κ2) is 6.15. The Balaban J connectivity index is 2.26. The molecule has 0 saturated heterocycles. The smallest absolute Gasteiger partial charge is 0.430 e. The highest BCUT2D eigenvalue weighted by molar-refractivity contribution is 6.05. The topological polar surface area (TPSA) is 110 Å². The van der Waals surface area contributed by atoms with Gasteiger partial charge in [-0.25, -0.2) is 4.98 Å². The second-order valence-corrected chi connectivity index (χ2v) is 4.64. The fourth-order valence-corrected chi connectivity index (χ4v) is 1.80. The van der Waals surface area contributed by atoms with Crippen LogP contribution in [0, 0.1) is 0 Å². The first-order chi connectivity index (χ1) is 10.7. The maximum atomic E-state index is 12.6. The molecule has 0 atom stereocenters. The van der Waals surface area contributed by atoms with E-state index >= 15 is 0 Å². The predicted octanol–water partition coefficient (Wildman–Crippen LogP) is 1.99. The van der Waals surface area contributed by atoms with Crippen molar-refractivity contribution in [3.05, 3.63) is 23.6 Å². The molecular weight excluding hydrogens is 317 g/mol. The van der Waals surface area contributed by atoms with Crippen molar-refractivity contribution in [2.75, 3.05) is 5.73 Å². The number of nitrogens with two attached hydrogens (primary N) is 1. The Morgan fingerprint density at radius 2 is 2.00 bits per heavy atom. The summed E-state index contributed by atoms with van der Waals surface area (Å²) in [6.45, 7) is 1.78. The monoisotopic (exact) mass is 330 g/mol. The van der Waals surface area contributed by atoms with Gasteiger partial charge in [-0.3, -0.25) is 20.4 Å². The number of hydrogen-bond acceptors (Lipinski definition) is 5. The molecule has 2 amide bonds. The Morgan fingerprint density at radius 3 is 2.61 bits per heavy atom. The zero-order chi connectivity index (χ0) is 17.2. The third-order valence-corrected chi connectivity index (χ3v) is 2.88. The molecule has 2 aromatic rings. The van der Waals surface area contributed by atoms with Gasteiger partial charge in [-0.2, -0.15) is 13.2 Å². The number of hydrazine groups is 1. The standard InChI is InChI=1S/C13H13F3N4O3/c1-2-3-8(21)19-20-11(22)10-9(17)6-4-5-7(13(14,15)16)18-12(6)23-10/h4-5H,2-3,17H2,1H3,(H,19,21)(H,20,22). The number of aromatic nitrogens is 1. The molecular formula is C13H13F3N4O3. The summed E-state index contributed by atoms with van der Waals surface area (Å²) in [7, 11) is 0. The molecule has 7 nitrogen and oxygen atoms in total. The lowest BCUT2D eigenvalue weighted by molar-refractivity contribution is -0.141. The van der Waals surface area contributed by atoms with Crippen LogP contribution in [-0.2, 0) is 11.0 Å². The molecule has 10 heteroatoms. The number of carbonyl (C=O) groups is 2. The van der Waals surface area contributed by atoms with E-state index in [-0.39, 0.29) is 17.5 Å². The number of alkyl halides is 3. The number of nitrogens with zero attached hydrogens (tertiary/aromatic N) is 1. The SMILES string of the molecule is CCCC(=O)NNC(=O)c1oc2nc(C(F)(F)F)ccc2c1N. The predicted molar refractivity (Wildman–Crippen MR) is 73.9 cm³/mol. The third-order valence-electron chi connectivity index (χ3n) is 2.88. The Morgan fingerprint density at radius 1 is 1.30 bits per heavy atom. The van der Waals surface area contributed by atoms with Crippen LogP contribution in [0.3, 0.4) is 0 Å². The minimum atomic E-state index is -4.65. The van der Waals surface area contributed by atoms with E-state index in [1.165, 1.54) is 0 Å². The number of hydrogen-bond donors (Lipinski definition) is 3. The fraction of sp³-hybridized carbons (Fsp3) is 0.308. The number of amides is 2. The Labute approximate surface area is 128 Å². The summed E-state index contributed by atoms with van der Waals surface area (Å²) < 4.78 is 42.8. The molecule has 2 rings (SSSR count). The van der Waals surface area contributed by atoms with Crippen molar-refractivity contribution in [3.63, 3.8) is 0 Å². The molecule has 0 bridgehead atoms. The number of pyridine rings is 1. The minimum Gasteiger partial charge on any atom is -0.430 e. The number of halogens is 3. The van der Waals surface area contributed by atoms with E-state index < -0.39 is 35.2 Å². The van der Waals surface area contributed by atoms with Crippen LogP contribution in [0.1, 0.15) is 36.0 Å². The minimum absolute atomic E-state index is 0.0723. The number of furan rings is 1. The van der Waals surface area contributed by atoms with Crippen LogP contribution >= 0.6 is 0 Å². The van der Waals surface area contributed by atoms with Gasteiger partial charge in [0.1, 0.15) is 5.69 Å². The van der Waals surface area contributed by atoms with Crippen molar-refractivity contribution >= 4 is 28.6 Å². The first-order valence-corrected chi connectivity index (χ1v) is 6.59. The third kappa shape index (κ3) is 3.52. The van der Waals surface area contributed by atoms with Gasteiger partial charge < -0.3 is 10.2 Å². The van der Waals surface area contributed by atoms with Gasteiger partial charge >= 0.3 is 12.1 Å². The summed E-state index contributed by atoms with van der Waals surface area (Å²) in [6.07, 6.45) is -3.86. The summed E-state index contributed by atoms with van der Waals surface area (Å²) in [5, 5.41) is 0.0723. The van der Waals surface area contributed by atoms with E-state index in [2.05, 4.69) is 15.8 Å². The van der Waals surface area contributed by atoms with E-state index in [1.54, 1.807) is 6.92 Å². The van der Waals surface area contributed by atoms with Crippen molar-refractivity contribution in [2.24, 2.45) is 0 Å². The van der Waals surface area contributed by atoms with Crippen molar-refractivity contribution < 1.29 is 27.2 Å².